The molecule has 2 aliphatic heterocycles. The van der Waals surface area contributed by atoms with E-state index in [-0.39, 0.29) is 5.91 Å². The van der Waals surface area contributed by atoms with Crippen LogP contribution in [0.3, 0.4) is 0 Å². The fourth-order valence-corrected chi connectivity index (χ4v) is 3.11. The summed E-state index contributed by atoms with van der Waals surface area (Å²) in [6, 6.07) is 5.88. The van der Waals surface area contributed by atoms with E-state index in [1.54, 1.807) is 0 Å². The van der Waals surface area contributed by atoms with Gasteiger partial charge in [-0.3, -0.25) is 4.79 Å². The molecule has 2 N–H and O–H groups in total. The van der Waals surface area contributed by atoms with Crippen molar-refractivity contribution >= 4 is 5.91 Å². The quantitative estimate of drug-likeness (QED) is 0.874. The van der Waals surface area contributed by atoms with Gasteiger partial charge in [0.1, 0.15) is 0 Å². The molecule has 0 spiro atoms. The molecule has 0 bridgehead atoms. The van der Waals surface area contributed by atoms with Gasteiger partial charge in [0.25, 0.3) is 0 Å². The number of ether oxygens (including phenoxy) is 2. The zero-order valence-corrected chi connectivity index (χ0v) is 13.6. The topological polar surface area (TPSA) is 59.6 Å². The predicted molar refractivity (Wildman–Crippen MR) is 88.7 cm³/mol. The smallest absolute Gasteiger partial charge is 0.220 e. The second kappa shape index (κ2) is 8.20. The highest BCUT2D eigenvalue weighted by Crippen LogP contribution is 2.30. The van der Waals surface area contributed by atoms with Crippen LogP contribution in [0.4, 0.5) is 0 Å². The molecule has 3 rings (SSSR count). The van der Waals surface area contributed by atoms with Gasteiger partial charge in [0.2, 0.25) is 5.91 Å². The fourth-order valence-electron chi connectivity index (χ4n) is 3.11. The minimum atomic E-state index is 0.135. The third kappa shape index (κ3) is 4.86. The molecule has 1 saturated heterocycles. The van der Waals surface area contributed by atoms with Crippen LogP contribution in [0.5, 0.6) is 11.5 Å². The maximum absolute atomic E-state index is 12.0. The molecular formula is C18H26N2O3. The molecule has 0 aliphatic carbocycles. The summed E-state index contributed by atoms with van der Waals surface area (Å²) >= 11 is 0. The van der Waals surface area contributed by atoms with E-state index >= 15 is 0 Å². The number of carbonyl (C=O) groups is 1. The second-order valence-corrected chi connectivity index (χ2v) is 6.34. The third-order valence-electron chi connectivity index (χ3n) is 4.54. The van der Waals surface area contributed by atoms with E-state index in [0.717, 1.165) is 43.0 Å². The highest BCUT2D eigenvalue weighted by molar-refractivity contribution is 5.75. The predicted octanol–water partition coefficient (Wildman–Crippen LogP) is 2.24. The molecule has 0 saturated carbocycles. The Bertz CT molecular complexity index is 527. The molecule has 1 aromatic rings. The van der Waals surface area contributed by atoms with Crippen molar-refractivity contribution in [1.29, 1.82) is 0 Å². The van der Waals surface area contributed by atoms with Crippen LogP contribution in [-0.4, -0.2) is 32.2 Å². The molecule has 0 atom stereocenters. The number of amides is 1. The Morgan fingerprint density at radius 1 is 1.17 bits per heavy atom. The number of piperidine rings is 1. The lowest BCUT2D eigenvalue weighted by Gasteiger charge is -2.22. The van der Waals surface area contributed by atoms with Crippen molar-refractivity contribution in [1.82, 2.24) is 10.6 Å². The number of benzene rings is 1. The van der Waals surface area contributed by atoms with Crippen molar-refractivity contribution in [3.63, 3.8) is 0 Å². The maximum Gasteiger partial charge on any atom is 0.220 e. The van der Waals surface area contributed by atoms with Crippen LogP contribution in [0.1, 0.15) is 37.7 Å². The van der Waals surface area contributed by atoms with Gasteiger partial charge in [-0.05, 0) is 56.0 Å². The number of fused-ring (bicyclic) bond motifs is 1. The minimum Gasteiger partial charge on any atom is -0.490 e. The molecule has 5 nitrogen and oxygen atoms in total. The standard InChI is InChI=1S/C18H26N2O3/c21-18(5-3-14-6-8-19-9-7-14)20-13-15-2-4-16-17(12-15)23-11-1-10-22-16/h2,4,12,14,19H,1,3,5-11,13H2,(H,20,21). The zero-order chi connectivity index (χ0) is 15.9. The van der Waals surface area contributed by atoms with Crippen molar-refractivity contribution in [3.8, 4) is 11.5 Å². The van der Waals surface area contributed by atoms with Crippen LogP contribution < -0.4 is 20.1 Å². The zero-order valence-electron chi connectivity index (χ0n) is 13.6. The largest absolute Gasteiger partial charge is 0.490 e. The van der Waals surface area contributed by atoms with Crippen LogP contribution in [0.25, 0.3) is 0 Å². The Morgan fingerprint density at radius 2 is 1.96 bits per heavy atom. The summed E-state index contributed by atoms with van der Waals surface area (Å²) < 4.78 is 11.3. The van der Waals surface area contributed by atoms with Crippen molar-refractivity contribution in [2.75, 3.05) is 26.3 Å². The monoisotopic (exact) mass is 318 g/mol. The van der Waals surface area contributed by atoms with Crippen LogP contribution in [0.15, 0.2) is 18.2 Å². The van der Waals surface area contributed by atoms with Crippen LogP contribution in [-0.2, 0) is 11.3 Å². The SMILES string of the molecule is O=C(CCC1CCNCC1)NCc1ccc2c(c1)OCCCO2. The molecule has 126 valence electrons. The molecular weight excluding hydrogens is 292 g/mol. The van der Waals surface area contributed by atoms with Crippen molar-refractivity contribution in [3.05, 3.63) is 23.8 Å². The van der Waals surface area contributed by atoms with E-state index in [1.165, 1.54) is 12.8 Å². The Hall–Kier alpha value is -1.75. The average Bonchev–Trinajstić information content (AvgIpc) is 2.84. The first-order valence-electron chi connectivity index (χ1n) is 8.67. The van der Waals surface area contributed by atoms with Gasteiger partial charge >= 0.3 is 0 Å². The first-order valence-corrected chi connectivity index (χ1v) is 8.67. The van der Waals surface area contributed by atoms with Gasteiger partial charge in [0.15, 0.2) is 11.5 Å². The first kappa shape index (κ1) is 16.1. The molecule has 0 aromatic heterocycles. The average molecular weight is 318 g/mol. The molecule has 1 fully saturated rings. The van der Waals surface area contributed by atoms with Crippen molar-refractivity contribution in [2.24, 2.45) is 5.92 Å². The summed E-state index contributed by atoms with van der Waals surface area (Å²) in [5.74, 6) is 2.41. The number of hydrogen-bond acceptors (Lipinski definition) is 4. The van der Waals surface area contributed by atoms with Crippen molar-refractivity contribution in [2.45, 2.75) is 38.6 Å². The summed E-state index contributed by atoms with van der Waals surface area (Å²) in [6.45, 7) is 4.09. The van der Waals surface area contributed by atoms with Gasteiger partial charge in [0, 0.05) is 19.4 Å². The number of carbonyl (C=O) groups excluding carboxylic acids is 1. The number of hydrogen-bond donors (Lipinski definition) is 2. The summed E-state index contributed by atoms with van der Waals surface area (Å²) in [5.41, 5.74) is 1.05. The highest BCUT2D eigenvalue weighted by atomic mass is 16.5. The number of nitrogens with one attached hydrogen (secondary N) is 2. The van der Waals surface area contributed by atoms with Crippen LogP contribution >= 0.6 is 0 Å². The molecule has 1 amide bonds. The summed E-state index contributed by atoms with van der Waals surface area (Å²) in [5, 5.41) is 6.37. The van der Waals surface area contributed by atoms with Gasteiger partial charge in [-0.1, -0.05) is 6.07 Å². The van der Waals surface area contributed by atoms with E-state index in [0.29, 0.717) is 32.1 Å². The van der Waals surface area contributed by atoms with Crippen molar-refractivity contribution < 1.29 is 14.3 Å². The van der Waals surface area contributed by atoms with E-state index in [2.05, 4.69) is 10.6 Å². The van der Waals surface area contributed by atoms with Crippen LogP contribution in [0, 0.1) is 5.92 Å². The third-order valence-corrected chi connectivity index (χ3v) is 4.54. The molecule has 2 heterocycles. The lowest BCUT2D eigenvalue weighted by Crippen LogP contribution is -2.29. The molecule has 0 unspecified atom stereocenters. The van der Waals surface area contributed by atoms with E-state index < -0.39 is 0 Å². The second-order valence-electron chi connectivity index (χ2n) is 6.34. The normalized spacial score (nSPS) is 18.3. The lowest BCUT2D eigenvalue weighted by atomic mass is 9.93. The number of rotatable bonds is 5. The molecule has 23 heavy (non-hydrogen) atoms. The Kier molecular flexibility index (Phi) is 5.75. The molecule has 0 radical (unpaired) electrons. The molecule has 2 aliphatic rings. The summed E-state index contributed by atoms with van der Waals surface area (Å²) in [4.78, 5) is 12.0. The van der Waals surface area contributed by atoms with Crippen LogP contribution in [0.2, 0.25) is 0 Å². The van der Waals surface area contributed by atoms with Gasteiger partial charge in [-0.25, -0.2) is 0 Å². The summed E-state index contributed by atoms with van der Waals surface area (Å²) in [6.07, 6.45) is 4.90. The molecule has 1 aromatic carbocycles. The summed E-state index contributed by atoms with van der Waals surface area (Å²) in [7, 11) is 0. The van der Waals surface area contributed by atoms with Gasteiger partial charge in [0.05, 0.1) is 13.2 Å². The Balaban J connectivity index is 1.44. The van der Waals surface area contributed by atoms with E-state index in [9.17, 15) is 4.79 Å². The lowest BCUT2D eigenvalue weighted by molar-refractivity contribution is -0.121. The maximum atomic E-state index is 12.0. The van der Waals surface area contributed by atoms with Gasteiger partial charge < -0.3 is 20.1 Å². The van der Waals surface area contributed by atoms with E-state index in [4.69, 9.17) is 9.47 Å². The van der Waals surface area contributed by atoms with Gasteiger partial charge in [-0.2, -0.15) is 0 Å². The highest BCUT2D eigenvalue weighted by Gasteiger charge is 2.15. The molecule has 5 heteroatoms. The van der Waals surface area contributed by atoms with E-state index in [1.807, 2.05) is 18.2 Å². The Morgan fingerprint density at radius 3 is 2.78 bits per heavy atom. The Labute approximate surface area is 137 Å². The fraction of sp³-hybridized carbons (Fsp3) is 0.611. The minimum absolute atomic E-state index is 0.135. The first-order chi connectivity index (χ1) is 11.3. The van der Waals surface area contributed by atoms with Gasteiger partial charge in [-0.15, -0.1) is 0 Å².